The Hall–Kier alpha value is -3.73. The van der Waals surface area contributed by atoms with Gasteiger partial charge in [0.25, 0.3) is 0 Å². The fourth-order valence-electron chi connectivity index (χ4n) is 2.26. The van der Waals surface area contributed by atoms with Crippen LogP contribution in [-0.4, -0.2) is 16.8 Å². The molecule has 1 aromatic heterocycles. The third-order valence-electron chi connectivity index (χ3n) is 3.55. The third-order valence-corrected chi connectivity index (χ3v) is 3.55. The molecule has 26 heavy (non-hydrogen) atoms. The second-order valence-corrected chi connectivity index (χ2v) is 5.47. The predicted molar refractivity (Wildman–Crippen MR) is 103 cm³/mol. The summed E-state index contributed by atoms with van der Waals surface area (Å²) in [5, 5.41) is 5.46. The number of aromatic nitrogens is 1. The molecule has 0 aliphatic carbocycles. The fourth-order valence-corrected chi connectivity index (χ4v) is 2.26. The molecule has 0 aliphatic heterocycles. The van der Waals surface area contributed by atoms with Crippen molar-refractivity contribution in [2.45, 2.75) is 0 Å². The zero-order valence-corrected chi connectivity index (χ0v) is 13.9. The summed E-state index contributed by atoms with van der Waals surface area (Å²) in [7, 11) is 0. The Balaban J connectivity index is 1.58. The van der Waals surface area contributed by atoms with Crippen molar-refractivity contribution < 1.29 is 9.59 Å². The van der Waals surface area contributed by atoms with Gasteiger partial charge in [0.2, 0.25) is 0 Å². The summed E-state index contributed by atoms with van der Waals surface area (Å²) in [5.41, 5.74) is 2.56. The number of nitrogens with zero attached hydrogens (tertiary/aromatic N) is 1. The highest BCUT2D eigenvalue weighted by Crippen LogP contribution is 2.12. The summed E-state index contributed by atoms with van der Waals surface area (Å²) < 4.78 is 0. The maximum Gasteiger partial charge on any atom is 0.323 e. The second-order valence-electron chi connectivity index (χ2n) is 5.47. The lowest BCUT2D eigenvalue weighted by molar-refractivity contribution is 0.104. The maximum atomic E-state index is 12.2. The van der Waals surface area contributed by atoms with Crippen LogP contribution in [0, 0.1) is 0 Å². The fraction of sp³-hybridized carbons (Fsp3) is 0. The Morgan fingerprint density at radius 1 is 0.769 bits per heavy atom. The van der Waals surface area contributed by atoms with Gasteiger partial charge in [-0.25, -0.2) is 4.79 Å². The number of benzene rings is 2. The van der Waals surface area contributed by atoms with Crippen molar-refractivity contribution in [3.05, 3.63) is 96.3 Å². The van der Waals surface area contributed by atoms with E-state index < -0.39 is 0 Å². The Morgan fingerprint density at radius 2 is 1.42 bits per heavy atom. The first kappa shape index (κ1) is 17.1. The van der Waals surface area contributed by atoms with Gasteiger partial charge in [0, 0.05) is 23.1 Å². The highest BCUT2D eigenvalue weighted by Gasteiger charge is 2.05. The largest absolute Gasteiger partial charge is 0.323 e. The number of carbonyl (C=O) groups is 2. The molecule has 0 saturated carbocycles. The zero-order chi connectivity index (χ0) is 18.2. The number of nitrogens with one attached hydrogen (secondary N) is 2. The number of allylic oxidation sites excluding steroid dienone is 1. The lowest BCUT2D eigenvalue weighted by Gasteiger charge is -2.07. The molecule has 0 atom stereocenters. The lowest BCUT2D eigenvalue weighted by atomic mass is 10.1. The standard InChI is InChI=1S/C21H17N3O2/c25-20(14-13-17-6-4-5-15-22-17)16-9-11-19(12-10-16)24-21(26)23-18-7-2-1-3-8-18/h1-15H,(H2,23,24,26)/b14-13+. The van der Waals surface area contributed by atoms with Gasteiger partial charge in [0.15, 0.2) is 5.78 Å². The molecular weight excluding hydrogens is 326 g/mol. The minimum atomic E-state index is -0.342. The Labute approximate surface area is 151 Å². The van der Waals surface area contributed by atoms with E-state index in [1.807, 2.05) is 36.4 Å². The van der Waals surface area contributed by atoms with Gasteiger partial charge in [-0.15, -0.1) is 0 Å². The molecule has 2 N–H and O–H groups in total. The molecule has 2 aromatic carbocycles. The van der Waals surface area contributed by atoms with Crippen LogP contribution >= 0.6 is 0 Å². The average molecular weight is 343 g/mol. The number of carbonyl (C=O) groups excluding carboxylic acids is 2. The first-order valence-corrected chi connectivity index (χ1v) is 8.07. The van der Waals surface area contributed by atoms with Crippen molar-refractivity contribution in [2.24, 2.45) is 0 Å². The molecule has 0 saturated heterocycles. The van der Waals surface area contributed by atoms with Gasteiger partial charge < -0.3 is 10.6 Å². The van der Waals surface area contributed by atoms with E-state index in [-0.39, 0.29) is 11.8 Å². The summed E-state index contributed by atoms with van der Waals surface area (Å²) in [6.07, 6.45) is 4.82. The Bertz CT molecular complexity index is 905. The van der Waals surface area contributed by atoms with Crippen LogP contribution in [0.5, 0.6) is 0 Å². The lowest BCUT2D eigenvalue weighted by Crippen LogP contribution is -2.19. The van der Waals surface area contributed by atoms with Gasteiger partial charge in [-0.1, -0.05) is 24.3 Å². The summed E-state index contributed by atoms with van der Waals surface area (Å²) in [6.45, 7) is 0. The number of rotatable bonds is 5. The van der Waals surface area contributed by atoms with Gasteiger partial charge in [-0.2, -0.15) is 0 Å². The van der Waals surface area contributed by atoms with Crippen LogP contribution in [0.1, 0.15) is 16.1 Å². The minimum absolute atomic E-state index is 0.129. The van der Waals surface area contributed by atoms with Gasteiger partial charge in [-0.05, 0) is 60.7 Å². The monoisotopic (exact) mass is 343 g/mol. The van der Waals surface area contributed by atoms with Crippen LogP contribution in [0.4, 0.5) is 16.2 Å². The van der Waals surface area contributed by atoms with Crippen LogP contribution in [0.3, 0.4) is 0 Å². The number of amides is 2. The molecule has 0 unspecified atom stereocenters. The number of urea groups is 1. The molecule has 0 bridgehead atoms. The van der Waals surface area contributed by atoms with E-state index in [1.165, 1.54) is 6.08 Å². The topological polar surface area (TPSA) is 71.1 Å². The molecule has 0 spiro atoms. The van der Waals surface area contributed by atoms with Gasteiger partial charge in [0.1, 0.15) is 0 Å². The Morgan fingerprint density at radius 3 is 2.08 bits per heavy atom. The number of anilines is 2. The van der Waals surface area contributed by atoms with Crippen molar-refractivity contribution >= 4 is 29.3 Å². The van der Waals surface area contributed by atoms with Crippen LogP contribution in [0.2, 0.25) is 0 Å². The first-order chi connectivity index (χ1) is 12.7. The summed E-state index contributed by atoms with van der Waals surface area (Å²) in [4.78, 5) is 28.3. The van der Waals surface area contributed by atoms with Crippen molar-refractivity contribution in [1.29, 1.82) is 0 Å². The molecule has 128 valence electrons. The minimum Gasteiger partial charge on any atom is -0.308 e. The van der Waals surface area contributed by atoms with E-state index in [2.05, 4.69) is 15.6 Å². The quantitative estimate of drug-likeness (QED) is 0.524. The van der Waals surface area contributed by atoms with E-state index in [0.29, 0.717) is 16.9 Å². The molecule has 1 heterocycles. The van der Waals surface area contributed by atoms with Gasteiger partial charge in [0.05, 0.1) is 5.69 Å². The summed E-state index contributed by atoms with van der Waals surface area (Å²) in [5.74, 6) is -0.129. The van der Waals surface area contributed by atoms with Gasteiger partial charge in [-0.3, -0.25) is 9.78 Å². The molecule has 5 nitrogen and oxygen atoms in total. The number of para-hydroxylation sites is 1. The maximum absolute atomic E-state index is 12.2. The smallest absolute Gasteiger partial charge is 0.308 e. The highest BCUT2D eigenvalue weighted by molar-refractivity contribution is 6.07. The molecule has 3 rings (SSSR count). The Kier molecular flexibility index (Phi) is 5.52. The molecule has 5 heteroatoms. The van der Waals surface area contributed by atoms with E-state index in [9.17, 15) is 9.59 Å². The van der Waals surface area contributed by atoms with Gasteiger partial charge >= 0.3 is 6.03 Å². The zero-order valence-electron chi connectivity index (χ0n) is 13.9. The average Bonchev–Trinajstić information content (AvgIpc) is 2.68. The molecule has 2 amide bonds. The van der Waals surface area contributed by atoms with Crippen LogP contribution in [0.25, 0.3) is 6.08 Å². The van der Waals surface area contributed by atoms with Crippen molar-refractivity contribution in [3.63, 3.8) is 0 Å². The third kappa shape index (κ3) is 4.88. The summed E-state index contributed by atoms with van der Waals surface area (Å²) in [6, 6.07) is 21.0. The van der Waals surface area contributed by atoms with Crippen molar-refractivity contribution in [2.75, 3.05) is 10.6 Å². The van der Waals surface area contributed by atoms with E-state index in [1.54, 1.807) is 48.7 Å². The molecule has 3 aromatic rings. The number of hydrogen-bond acceptors (Lipinski definition) is 3. The molecular formula is C21H17N3O2. The highest BCUT2D eigenvalue weighted by atomic mass is 16.2. The number of ketones is 1. The SMILES string of the molecule is O=C(Nc1ccccc1)Nc1ccc(C(=O)/C=C/c2ccccn2)cc1. The molecule has 0 fully saturated rings. The first-order valence-electron chi connectivity index (χ1n) is 8.07. The van der Waals surface area contributed by atoms with Crippen molar-refractivity contribution in [1.82, 2.24) is 4.98 Å². The molecule has 0 aliphatic rings. The number of hydrogen-bond donors (Lipinski definition) is 2. The predicted octanol–water partition coefficient (Wildman–Crippen LogP) is 4.62. The van der Waals surface area contributed by atoms with Crippen LogP contribution in [-0.2, 0) is 0 Å². The molecule has 0 radical (unpaired) electrons. The second kappa shape index (κ2) is 8.39. The van der Waals surface area contributed by atoms with E-state index >= 15 is 0 Å². The summed E-state index contributed by atoms with van der Waals surface area (Å²) >= 11 is 0. The van der Waals surface area contributed by atoms with Crippen molar-refractivity contribution in [3.8, 4) is 0 Å². The van der Waals surface area contributed by atoms with Crippen LogP contribution < -0.4 is 10.6 Å². The van der Waals surface area contributed by atoms with E-state index in [0.717, 1.165) is 5.69 Å². The van der Waals surface area contributed by atoms with E-state index in [4.69, 9.17) is 0 Å². The number of pyridine rings is 1. The van der Waals surface area contributed by atoms with Crippen LogP contribution in [0.15, 0.2) is 85.1 Å². The normalized spacial score (nSPS) is 10.5.